The summed E-state index contributed by atoms with van der Waals surface area (Å²) in [4.78, 5) is 3.09. The van der Waals surface area contributed by atoms with Crippen LogP contribution in [0.4, 0.5) is 0 Å². The fourth-order valence-electron chi connectivity index (χ4n) is 2.43. The van der Waals surface area contributed by atoms with Crippen molar-refractivity contribution in [1.29, 1.82) is 0 Å². The Bertz CT molecular complexity index is 806. The molecule has 0 fully saturated rings. The van der Waals surface area contributed by atoms with E-state index in [1.54, 1.807) is 6.07 Å². The van der Waals surface area contributed by atoms with Crippen LogP contribution in [0, 0.1) is 0 Å². The number of nitrogens with zero attached hydrogens (tertiary/aromatic N) is 4. The van der Waals surface area contributed by atoms with Crippen LogP contribution in [0.2, 0.25) is 0 Å². The van der Waals surface area contributed by atoms with E-state index < -0.39 is 10.0 Å². The summed E-state index contributed by atoms with van der Waals surface area (Å²) in [6.07, 6.45) is 6.27. The minimum atomic E-state index is -3.43. The third-order valence-corrected chi connectivity index (χ3v) is 5.38. The second kappa shape index (κ2) is 6.30. The predicted octanol–water partition coefficient (Wildman–Crippen LogP) is 1.14. The highest BCUT2D eigenvalue weighted by atomic mass is 32.2. The van der Waals surface area contributed by atoms with Gasteiger partial charge in [-0.05, 0) is 46.9 Å². The minimum absolute atomic E-state index is 0.357. The molecular weight excluding hydrogens is 288 g/mol. The molecule has 0 amide bonds. The maximum atomic E-state index is 12.3. The molecule has 1 aromatic rings. The number of fused-ring (bicyclic) bond motifs is 1. The van der Waals surface area contributed by atoms with E-state index in [0.717, 1.165) is 35.3 Å². The van der Waals surface area contributed by atoms with Gasteiger partial charge in [0.15, 0.2) is 0 Å². The molecule has 7 heteroatoms. The van der Waals surface area contributed by atoms with Crippen molar-refractivity contribution < 1.29 is 8.42 Å². The predicted molar refractivity (Wildman–Crippen MR) is 82.4 cm³/mol. The van der Waals surface area contributed by atoms with E-state index in [-0.39, 0.29) is 0 Å². The number of benzene rings is 1. The van der Waals surface area contributed by atoms with E-state index in [1.807, 2.05) is 18.2 Å². The molecule has 0 aliphatic heterocycles. The van der Waals surface area contributed by atoms with Gasteiger partial charge in [0.2, 0.25) is 10.0 Å². The van der Waals surface area contributed by atoms with E-state index in [2.05, 4.69) is 10.0 Å². The van der Waals surface area contributed by atoms with Gasteiger partial charge in [0.25, 0.3) is 0 Å². The van der Waals surface area contributed by atoms with Crippen LogP contribution in [-0.2, 0) is 16.4 Å². The molecule has 0 saturated heterocycles. The topological polar surface area (TPSA) is 86.1 Å². The molecule has 0 bridgehead atoms. The average molecular weight is 306 g/mol. The first kappa shape index (κ1) is 15.6. The Morgan fingerprint density at radius 3 is 2.67 bits per heavy atom. The van der Waals surface area contributed by atoms with E-state index in [4.69, 9.17) is 5.53 Å². The average Bonchev–Trinajstić information content (AvgIpc) is 2.92. The highest BCUT2D eigenvalue weighted by Gasteiger charge is 2.20. The number of azide groups is 1. The van der Waals surface area contributed by atoms with Crippen molar-refractivity contribution >= 4 is 22.2 Å². The van der Waals surface area contributed by atoms with Gasteiger partial charge in [-0.2, -0.15) is 0 Å². The number of hydrogen-bond acceptors (Lipinski definition) is 3. The smallest absolute Gasteiger partial charge is 0.207 e. The first-order valence-corrected chi connectivity index (χ1v) is 8.18. The van der Waals surface area contributed by atoms with Crippen molar-refractivity contribution in [2.75, 3.05) is 20.6 Å². The third kappa shape index (κ3) is 3.10. The van der Waals surface area contributed by atoms with Crippen LogP contribution in [0.3, 0.4) is 0 Å². The fraction of sp³-hybridized carbons (Fsp3) is 0.429. The number of rotatable bonds is 6. The quantitative estimate of drug-likeness (QED) is 0.341. The minimum Gasteiger partial charge on any atom is -0.207 e. The zero-order valence-corrected chi connectivity index (χ0v) is 13.0. The summed E-state index contributed by atoms with van der Waals surface area (Å²) in [6.45, 7) is 0.451. The second-order valence-corrected chi connectivity index (χ2v) is 7.16. The third-order valence-electron chi connectivity index (χ3n) is 3.51. The van der Waals surface area contributed by atoms with Gasteiger partial charge in [-0.15, -0.1) is 0 Å². The molecule has 0 aromatic heterocycles. The van der Waals surface area contributed by atoms with Crippen LogP contribution in [0.15, 0.2) is 22.1 Å². The monoisotopic (exact) mass is 306 g/mol. The van der Waals surface area contributed by atoms with E-state index >= 15 is 0 Å². The van der Waals surface area contributed by atoms with Crippen LogP contribution in [0.25, 0.3) is 22.6 Å². The van der Waals surface area contributed by atoms with Crippen molar-refractivity contribution in [1.82, 2.24) is 4.31 Å². The van der Waals surface area contributed by atoms with Crippen LogP contribution < -0.4 is 10.4 Å². The molecule has 0 radical (unpaired) electrons. The Hall–Kier alpha value is -1.82. The molecule has 0 heterocycles. The Labute approximate surface area is 124 Å². The molecule has 0 unspecified atom stereocenters. The molecule has 0 spiro atoms. The lowest BCUT2D eigenvalue weighted by molar-refractivity contribution is 0.520. The Morgan fingerprint density at radius 2 is 2.00 bits per heavy atom. The number of sulfonamides is 1. The summed E-state index contributed by atoms with van der Waals surface area (Å²) in [5, 5.41) is 5.32. The maximum absolute atomic E-state index is 12.3. The number of hydrogen-bond donors (Lipinski definition) is 0. The van der Waals surface area contributed by atoms with Gasteiger partial charge >= 0.3 is 0 Å². The van der Waals surface area contributed by atoms with Crippen LogP contribution in [0.5, 0.6) is 0 Å². The van der Waals surface area contributed by atoms with Gasteiger partial charge in [0, 0.05) is 25.6 Å². The molecule has 112 valence electrons. The lowest BCUT2D eigenvalue weighted by Crippen LogP contribution is -2.35. The SMILES string of the molecule is CN(C)S(=O)(=O)c1ccc(CCCN=[N+]=[N-])c2c1=CCC=2. The van der Waals surface area contributed by atoms with Crippen LogP contribution in [-0.4, -0.2) is 33.4 Å². The molecule has 1 aromatic carbocycles. The van der Waals surface area contributed by atoms with Crippen LogP contribution in [0.1, 0.15) is 18.4 Å². The molecular formula is C14H18N4O2S. The highest BCUT2D eigenvalue weighted by molar-refractivity contribution is 7.89. The zero-order valence-electron chi connectivity index (χ0n) is 12.2. The lowest BCUT2D eigenvalue weighted by atomic mass is 10.1. The maximum Gasteiger partial charge on any atom is 0.243 e. The van der Waals surface area contributed by atoms with Crippen molar-refractivity contribution in [3.8, 4) is 0 Å². The Balaban J connectivity index is 2.42. The lowest BCUT2D eigenvalue weighted by Gasteiger charge is -2.13. The normalized spacial score (nSPS) is 13.3. The zero-order chi connectivity index (χ0) is 15.5. The number of aryl methyl sites for hydroxylation is 1. The molecule has 21 heavy (non-hydrogen) atoms. The summed E-state index contributed by atoms with van der Waals surface area (Å²) in [5.41, 5.74) is 9.37. The van der Waals surface area contributed by atoms with Crippen molar-refractivity contribution in [2.45, 2.75) is 24.2 Å². The first-order chi connectivity index (χ1) is 9.98. The summed E-state index contributed by atoms with van der Waals surface area (Å²) >= 11 is 0. The van der Waals surface area contributed by atoms with Crippen LogP contribution >= 0.6 is 0 Å². The standard InChI is InChI=1S/C14H18N4O2S/c1-18(2)21(19,20)14-9-8-11(5-4-10-16-17-15)12-6-3-7-13(12)14/h6-9H,3-5,10H2,1-2H3. The van der Waals surface area contributed by atoms with Gasteiger partial charge in [0.05, 0.1) is 4.90 Å². The van der Waals surface area contributed by atoms with Crippen molar-refractivity contribution in [3.63, 3.8) is 0 Å². The summed E-state index contributed by atoms with van der Waals surface area (Å²) < 4.78 is 25.9. The largest absolute Gasteiger partial charge is 0.243 e. The van der Waals surface area contributed by atoms with Crippen molar-refractivity contribution in [2.24, 2.45) is 5.11 Å². The van der Waals surface area contributed by atoms with Gasteiger partial charge in [0.1, 0.15) is 0 Å². The molecule has 6 nitrogen and oxygen atoms in total. The first-order valence-electron chi connectivity index (χ1n) is 6.74. The van der Waals surface area contributed by atoms with Gasteiger partial charge in [-0.1, -0.05) is 23.3 Å². The highest BCUT2D eigenvalue weighted by Crippen LogP contribution is 2.10. The molecule has 0 N–H and O–H groups in total. The molecule has 2 rings (SSSR count). The molecule has 0 atom stereocenters. The fourth-order valence-corrected chi connectivity index (χ4v) is 3.54. The Morgan fingerprint density at radius 1 is 1.29 bits per heavy atom. The van der Waals surface area contributed by atoms with Crippen molar-refractivity contribution in [3.05, 3.63) is 38.6 Å². The van der Waals surface area contributed by atoms with Gasteiger partial charge < -0.3 is 0 Å². The summed E-state index contributed by atoms with van der Waals surface area (Å²) in [6, 6.07) is 3.54. The molecule has 1 aliphatic carbocycles. The van der Waals surface area contributed by atoms with E-state index in [0.29, 0.717) is 11.4 Å². The summed E-state index contributed by atoms with van der Waals surface area (Å²) in [7, 11) is -0.361. The Kier molecular flexibility index (Phi) is 4.67. The van der Waals surface area contributed by atoms with E-state index in [9.17, 15) is 8.42 Å². The second-order valence-electron chi connectivity index (χ2n) is 5.04. The van der Waals surface area contributed by atoms with Gasteiger partial charge in [-0.25, -0.2) is 12.7 Å². The molecule has 1 aliphatic rings. The summed E-state index contributed by atoms with van der Waals surface area (Å²) in [5.74, 6) is 0. The van der Waals surface area contributed by atoms with Gasteiger partial charge in [-0.3, -0.25) is 0 Å². The molecule has 0 saturated carbocycles. The van der Waals surface area contributed by atoms with E-state index in [1.165, 1.54) is 18.4 Å².